The van der Waals surface area contributed by atoms with Crippen LogP contribution in [-0.4, -0.2) is 59.1 Å². The van der Waals surface area contributed by atoms with Crippen molar-refractivity contribution >= 4 is 11.9 Å². The number of anilines is 1. The number of aromatic nitrogens is 3. The molecule has 0 aromatic carbocycles. The van der Waals surface area contributed by atoms with Gasteiger partial charge in [-0.25, -0.2) is 9.97 Å². The van der Waals surface area contributed by atoms with Crippen LogP contribution >= 0.6 is 0 Å². The maximum Gasteiger partial charge on any atom is 0.270 e. The third-order valence-electron chi connectivity index (χ3n) is 4.30. The highest BCUT2D eigenvalue weighted by molar-refractivity contribution is 5.93. The van der Waals surface area contributed by atoms with E-state index in [1.165, 1.54) is 0 Å². The summed E-state index contributed by atoms with van der Waals surface area (Å²) >= 11 is 0. The van der Waals surface area contributed by atoms with Gasteiger partial charge >= 0.3 is 0 Å². The number of rotatable bonds is 4. The van der Waals surface area contributed by atoms with Crippen molar-refractivity contribution in [3.63, 3.8) is 0 Å². The molecule has 0 N–H and O–H groups in total. The Kier molecular flexibility index (Phi) is 5.03. The Bertz CT molecular complexity index is 741. The van der Waals surface area contributed by atoms with Crippen LogP contribution in [0.1, 0.15) is 42.2 Å². The Labute approximate surface area is 148 Å². The van der Waals surface area contributed by atoms with Crippen molar-refractivity contribution < 1.29 is 9.53 Å². The molecule has 25 heavy (non-hydrogen) atoms. The normalized spacial score (nSPS) is 17.8. The Balaban J connectivity index is 1.78. The predicted octanol–water partition coefficient (Wildman–Crippen LogP) is 2.14. The molecule has 0 saturated carbocycles. The maximum absolute atomic E-state index is 12.9. The Hall–Kier alpha value is -2.41. The summed E-state index contributed by atoms with van der Waals surface area (Å²) in [5.41, 5.74) is 1.52. The first-order valence-electron chi connectivity index (χ1n) is 8.55. The van der Waals surface area contributed by atoms with Gasteiger partial charge in [0.1, 0.15) is 11.8 Å². The van der Waals surface area contributed by atoms with Gasteiger partial charge in [0.05, 0.1) is 18.8 Å². The molecule has 0 aliphatic carbocycles. The van der Waals surface area contributed by atoms with Crippen LogP contribution in [0.3, 0.4) is 0 Å². The lowest BCUT2D eigenvalue weighted by molar-refractivity contribution is -0.0251. The fraction of sp³-hybridized carbons (Fsp3) is 0.500. The minimum Gasteiger partial charge on any atom is -0.368 e. The molecule has 1 atom stereocenters. The van der Waals surface area contributed by atoms with E-state index >= 15 is 0 Å². The zero-order valence-corrected chi connectivity index (χ0v) is 15.2. The Morgan fingerprint density at radius 2 is 2.16 bits per heavy atom. The summed E-state index contributed by atoms with van der Waals surface area (Å²) in [6.07, 6.45) is 3.44. The van der Waals surface area contributed by atoms with Crippen molar-refractivity contribution in [1.29, 1.82) is 0 Å². The molecule has 1 saturated heterocycles. The van der Waals surface area contributed by atoms with Gasteiger partial charge in [-0.05, 0) is 32.0 Å². The Morgan fingerprint density at radius 1 is 1.36 bits per heavy atom. The molecular formula is C18H25N5O2. The van der Waals surface area contributed by atoms with E-state index in [4.69, 9.17) is 4.74 Å². The molecule has 1 aliphatic rings. The van der Waals surface area contributed by atoms with Gasteiger partial charge in [0.2, 0.25) is 5.95 Å². The highest BCUT2D eigenvalue weighted by atomic mass is 16.5. The number of carbonyl (C=O) groups excluding carboxylic acids is 1. The molecule has 2 aromatic heterocycles. The highest BCUT2D eigenvalue weighted by Crippen LogP contribution is 2.23. The molecule has 0 bridgehead atoms. The number of hydrogen-bond acceptors (Lipinski definition) is 5. The van der Waals surface area contributed by atoms with Crippen LogP contribution in [-0.2, 0) is 4.74 Å². The number of amides is 1. The zero-order chi connectivity index (χ0) is 18.0. The Morgan fingerprint density at radius 3 is 2.88 bits per heavy atom. The second kappa shape index (κ2) is 7.23. The lowest BCUT2D eigenvalue weighted by Crippen LogP contribution is -2.43. The first-order valence-corrected chi connectivity index (χ1v) is 8.55. The van der Waals surface area contributed by atoms with E-state index < -0.39 is 0 Å². The maximum atomic E-state index is 12.9. The van der Waals surface area contributed by atoms with E-state index in [0.29, 0.717) is 31.3 Å². The number of nitrogens with zero attached hydrogens (tertiary/aromatic N) is 5. The summed E-state index contributed by atoms with van der Waals surface area (Å²) in [5, 5.41) is 0. The smallest absolute Gasteiger partial charge is 0.270 e. The van der Waals surface area contributed by atoms with Gasteiger partial charge in [-0.3, -0.25) is 4.79 Å². The molecule has 0 spiro atoms. The lowest BCUT2D eigenvalue weighted by atomic mass is 10.2. The topological polar surface area (TPSA) is 63.5 Å². The van der Waals surface area contributed by atoms with Gasteiger partial charge in [-0.1, -0.05) is 0 Å². The first kappa shape index (κ1) is 17.4. The number of carbonyl (C=O) groups is 1. The van der Waals surface area contributed by atoms with Crippen molar-refractivity contribution in [3.8, 4) is 0 Å². The average molecular weight is 343 g/mol. The van der Waals surface area contributed by atoms with Crippen LogP contribution in [0.25, 0.3) is 0 Å². The van der Waals surface area contributed by atoms with Crippen LogP contribution < -0.4 is 4.90 Å². The summed E-state index contributed by atoms with van der Waals surface area (Å²) in [6.45, 7) is 5.72. The van der Waals surface area contributed by atoms with Crippen molar-refractivity contribution in [3.05, 3.63) is 42.0 Å². The van der Waals surface area contributed by atoms with Crippen LogP contribution in [0, 0.1) is 0 Å². The molecule has 3 heterocycles. The quantitative estimate of drug-likeness (QED) is 0.851. The molecule has 3 rings (SSSR count). The molecule has 1 aliphatic heterocycles. The van der Waals surface area contributed by atoms with Crippen molar-refractivity contribution in [1.82, 2.24) is 19.4 Å². The van der Waals surface area contributed by atoms with Gasteiger partial charge in [0, 0.05) is 39.1 Å². The van der Waals surface area contributed by atoms with Gasteiger partial charge < -0.3 is 19.1 Å². The van der Waals surface area contributed by atoms with Gasteiger partial charge in [0.15, 0.2) is 0 Å². The second-order valence-corrected chi connectivity index (χ2v) is 6.68. The van der Waals surface area contributed by atoms with E-state index in [9.17, 15) is 4.79 Å². The minimum atomic E-state index is -0.234. The summed E-state index contributed by atoms with van der Waals surface area (Å²) in [4.78, 5) is 25.4. The van der Waals surface area contributed by atoms with Crippen LogP contribution in [0.15, 0.2) is 30.6 Å². The summed E-state index contributed by atoms with van der Waals surface area (Å²) < 4.78 is 7.87. The molecule has 2 aromatic rings. The van der Waals surface area contributed by atoms with E-state index in [1.807, 2.05) is 52.9 Å². The highest BCUT2D eigenvalue weighted by Gasteiger charge is 2.28. The number of morpholine rings is 1. The fourth-order valence-corrected chi connectivity index (χ4v) is 2.96. The first-order chi connectivity index (χ1) is 12.0. The van der Waals surface area contributed by atoms with E-state index in [-0.39, 0.29) is 18.1 Å². The summed E-state index contributed by atoms with van der Waals surface area (Å²) in [6, 6.07) is 5.89. The summed E-state index contributed by atoms with van der Waals surface area (Å²) in [5.74, 6) is 0.673. The summed E-state index contributed by atoms with van der Waals surface area (Å²) in [7, 11) is 3.80. The van der Waals surface area contributed by atoms with Gasteiger partial charge in [-0.15, -0.1) is 0 Å². The van der Waals surface area contributed by atoms with E-state index in [0.717, 1.165) is 5.69 Å². The van der Waals surface area contributed by atoms with Crippen LogP contribution in [0.2, 0.25) is 0 Å². The standard InChI is InChI=1S/C18H25N5O2/c1-13(2)23-9-5-6-15(23)17(24)22-10-11-25-16(12-22)14-7-8-19-18(20-14)21(3)4/h5-9,13,16H,10-12H2,1-4H3/t16-/m0/s1. The lowest BCUT2D eigenvalue weighted by Gasteiger charge is -2.33. The van der Waals surface area contributed by atoms with Gasteiger partial charge in [-0.2, -0.15) is 0 Å². The minimum absolute atomic E-state index is 0.0360. The van der Waals surface area contributed by atoms with E-state index in [2.05, 4.69) is 23.8 Å². The molecule has 0 radical (unpaired) electrons. The third-order valence-corrected chi connectivity index (χ3v) is 4.30. The second-order valence-electron chi connectivity index (χ2n) is 6.68. The molecule has 1 fully saturated rings. The van der Waals surface area contributed by atoms with Crippen molar-refractivity contribution in [2.24, 2.45) is 0 Å². The molecule has 0 unspecified atom stereocenters. The van der Waals surface area contributed by atoms with Gasteiger partial charge in [0.25, 0.3) is 5.91 Å². The molecule has 7 heteroatoms. The van der Waals surface area contributed by atoms with Crippen LogP contribution in [0.5, 0.6) is 0 Å². The average Bonchev–Trinajstić information content (AvgIpc) is 3.11. The predicted molar refractivity (Wildman–Crippen MR) is 95.8 cm³/mol. The van der Waals surface area contributed by atoms with Crippen LogP contribution in [0.4, 0.5) is 5.95 Å². The van der Waals surface area contributed by atoms with Crippen molar-refractivity contribution in [2.45, 2.75) is 26.0 Å². The number of hydrogen-bond donors (Lipinski definition) is 0. The largest absolute Gasteiger partial charge is 0.368 e. The monoisotopic (exact) mass is 343 g/mol. The zero-order valence-electron chi connectivity index (χ0n) is 15.2. The van der Waals surface area contributed by atoms with Crippen molar-refractivity contribution in [2.75, 3.05) is 38.7 Å². The van der Waals surface area contributed by atoms with E-state index in [1.54, 1.807) is 6.20 Å². The fourth-order valence-electron chi connectivity index (χ4n) is 2.96. The molecular weight excluding hydrogens is 318 g/mol. The SMILES string of the molecule is CC(C)n1cccc1C(=O)N1CCO[C@H](c2ccnc(N(C)C)n2)C1. The molecule has 134 valence electrons. The molecule has 1 amide bonds. The third kappa shape index (κ3) is 3.66. The molecule has 7 nitrogen and oxygen atoms in total. The number of ether oxygens (including phenoxy) is 1.